The van der Waals surface area contributed by atoms with Crippen molar-refractivity contribution in [2.24, 2.45) is 10.8 Å². The van der Waals surface area contributed by atoms with Crippen LogP contribution in [0.5, 0.6) is 0 Å². The maximum atomic E-state index is 1.59. The van der Waals surface area contributed by atoms with Gasteiger partial charge in [-0.05, 0) is 62.2 Å². The molecule has 0 unspecified atom stereocenters. The summed E-state index contributed by atoms with van der Waals surface area (Å²) in [5.41, 5.74) is 1.69. The lowest BCUT2D eigenvalue weighted by Gasteiger charge is -2.47. The van der Waals surface area contributed by atoms with E-state index in [2.05, 4.69) is 0 Å². The van der Waals surface area contributed by atoms with E-state index in [9.17, 15) is 0 Å². The van der Waals surface area contributed by atoms with Crippen LogP contribution in [0.15, 0.2) is 0 Å². The van der Waals surface area contributed by atoms with Crippen LogP contribution in [0.4, 0.5) is 0 Å². The van der Waals surface area contributed by atoms with Gasteiger partial charge in [0.15, 0.2) is 0 Å². The molecule has 0 nitrogen and oxygen atoms in total. The summed E-state index contributed by atoms with van der Waals surface area (Å²) >= 11 is 0. The first-order chi connectivity index (χ1) is 7.33. The number of hydrogen-bond acceptors (Lipinski definition) is 0. The highest BCUT2D eigenvalue weighted by molar-refractivity contribution is 4.95. The third-order valence-corrected chi connectivity index (χ3v) is 5.95. The van der Waals surface area contributed by atoms with E-state index in [0.717, 1.165) is 10.8 Å². The van der Waals surface area contributed by atoms with Crippen LogP contribution in [0.3, 0.4) is 0 Å². The molecule has 0 radical (unpaired) electrons. The molecule has 0 saturated heterocycles. The lowest BCUT2D eigenvalue weighted by molar-refractivity contribution is 0.0490. The van der Waals surface area contributed by atoms with Gasteiger partial charge in [0.25, 0.3) is 0 Å². The first-order valence-corrected chi connectivity index (χ1v) is 7.33. The molecule has 2 spiro atoms. The van der Waals surface area contributed by atoms with E-state index in [1.54, 1.807) is 51.4 Å². The van der Waals surface area contributed by atoms with Gasteiger partial charge in [-0.15, -0.1) is 0 Å². The van der Waals surface area contributed by atoms with Crippen molar-refractivity contribution in [3.63, 3.8) is 0 Å². The van der Waals surface area contributed by atoms with Crippen molar-refractivity contribution >= 4 is 0 Å². The molecule has 15 heavy (non-hydrogen) atoms. The Bertz CT molecular complexity index is 204. The molecule has 0 aromatic rings. The molecule has 3 rings (SSSR count). The molecule has 0 amide bonds. The van der Waals surface area contributed by atoms with Crippen LogP contribution in [0.25, 0.3) is 0 Å². The minimum atomic E-state index is 0.839. The molecule has 3 aliphatic carbocycles. The standard InChI is InChI=1S/C15H26/c1-2-6-14(7-3-1)10-12-15(13-11-14)8-4-5-9-15/h1-13H2. The summed E-state index contributed by atoms with van der Waals surface area (Å²) < 4.78 is 0. The predicted molar refractivity (Wildman–Crippen MR) is 64.9 cm³/mol. The zero-order valence-electron chi connectivity index (χ0n) is 10.2. The molecule has 3 fully saturated rings. The molecule has 0 heteroatoms. The Morgan fingerprint density at radius 1 is 0.333 bits per heavy atom. The van der Waals surface area contributed by atoms with Crippen molar-refractivity contribution in [2.45, 2.75) is 83.5 Å². The predicted octanol–water partition coefficient (Wildman–Crippen LogP) is 5.07. The number of hydrogen-bond donors (Lipinski definition) is 0. The van der Waals surface area contributed by atoms with E-state index >= 15 is 0 Å². The van der Waals surface area contributed by atoms with Gasteiger partial charge in [0, 0.05) is 0 Å². The van der Waals surface area contributed by atoms with E-state index in [-0.39, 0.29) is 0 Å². The molecular weight excluding hydrogens is 180 g/mol. The molecule has 0 atom stereocenters. The Morgan fingerprint density at radius 3 is 1.07 bits per heavy atom. The minimum Gasteiger partial charge on any atom is -0.0533 e. The normalized spacial score (nSPS) is 33.6. The van der Waals surface area contributed by atoms with Gasteiger partial charge in [0.1, 0.15) is 0 Å². The zero-order valence-corrected chi connectivity index (χ0v) is 10.2. The van der Waals surface area contributed by atoms with E-state index in [1.165, 1.54) is 32.1 Å². The van der Waals surface area contributed by atoms with Gasteiger partial charge in [-0.1, -0.05) is 32.1 Å². The van der Waals surface area contributed by atoms with Gasteiger partial charge in [0.05, 0.1) is 0 Å². The molecule has 0 aromatic heterocycles. The van der Waals surface area contributed by atoms with E-state index in [0.29, 0.717) is 0 Å². The van der Waals surface area contributed by atoms with Crippen LogP contribution < -0.4 is 0 Å². The molecule has 0 aromatic carbocycles. The maximum Gasteiger partial charge on any atom is -0.0297 e. The number of rotatable bonds is 0. The molecule has 3 aliphatic rings. The zero-order chi connectivity index (χ0) is 10.2. The van der Waals surface area contributed by atoms with Gasteiger partial charge in [-0.25, -0.2) is 0 Å². The highest BCUT2D eigenvalue weighted by Crippen LogP contribution is 2.57. The third-order valence-electron chi connectivity index (χ3n) is 5.95. The summed E-state index contributed by atoms with van der Waals surface area (Å²) in [5.74, 6) is 0. The second-order valence-corrected chi connectivity index (χ2v) is 6.77. The highest BCUT2D eigenvalue weighted by Gasteiger charge is 2.43. The summed E-state index contributed by atoms with van der Waals surface area (Å²) in [6.45, 7) is 0. The Kier molecular flexibility index (Phi) is 2.57. The quantitative estimate of drug-likeness (QED) is 0.519. The summed E-state index contributed by atoms with van der Waals surface area (Å²) in [6.07, 6.45) is 20.3. The SMILES string of the molecule is C1CCC2(CC1)CCC1(CCCC1)CC2. The largest absolute Gasteiger partial charge is 0.0533 e. The van der Waals surface area contributed by atoms with Crippen molar-refractivity contribution < 1.29 is 0 Å². The first-order valence-electron chi connectivity index (χ1n) is 7.33. The van der Waals surface area contributed by atoms with Crippen LogP contribution in [-0.4, -0.2) is 0 Å². The summed E-state index contributed by atoms with van der Waals surface area (Å²) in [6, 6.07) is 0. The highest BCUT2D eigenvalue weighted by atomic mass is 14.5. The molecule has 0 aliphatic heterocycles. The van der Waals surface area contributed by atoms with Gasteiger partial charge < -0.3 is 0 Å². The average Bonchev–Trinajstić information content (AvgIpc) is 2.74. The molecule has 0 bridgehead atoms. The Balaban J connectivity index is 1.63. The lowest BCUT2D eigenvalue weighted by atomic mass is 9.58. The van der Waals surface area contributed by atoms with Crippen molar-refractivity contribution in [1.29, 1.82) is 0 Å². The van der Waals surface area contributed by atoms with Crippen LogP contribution in [-0.2, 0) is 0 Å². The van der Waals surface area contributed by atoms with E-state index in [4.69, 9.17) is 0 Å². The average molecular weight is 206 g/mol. The fraction of sp³-hybridized carbons (Fsp3) is 1.00. The van der Waals surface area contributed by atoms with E-state index < -0.39 is 0 Å². The van der Waals surface area contributed by atoms with Crippen molar-refractivity contribution in [3.8, 4) is 0 Å². The van der Waals surface area contributed by atoms with Crippen molar-refractivity contribution in [2.75, 3.05) is 0 Å². The molecule has 0 heterocycles. The van der Waals surface area contributed by atoms with E-state index in [1.807, 2.05) is 0 Å². The van der Waals surface area contributed by atoms with Crippen LogP contribution in [0.1, 0.15) is 83.5 Å². The van der Waals surface area contributed by atoms with Crippen molar-refractivity contribution in [3.05, 3.63) is 0 Å². The molecule has 86 valence electrons. The second-order valence-electron chi connectivity index (χ2n) is 6.77. The fourth-order valence-electron chi connectivity index (χ4n) is 4.74. The first kappa shape index (κ1) is 10.2. The molecular formula is C15H26. The minimum absolute atomic E-state index is 0.839. The monoisotopic (exact) mass is 206 g/mol. The molecule has 0 N–H and O–H groups in total. The molecule has 3 saturated carbocycles. The Morgan fingerprint density at radius 2 is 0.667 bits per heavy atom. The summed E-state index contributed by atoms with van der Waals surface area (Å²) in [5, 5.41) is 0. The van der Waals surface area contributed by atoms with Gasteiger partial charge in [-0.3, -0.25) is 0 Å². The smallest absolute Gasteiger partial charge is 0.0297 e. The summed E-state index contributed by atoms with van der Waals surface area (Å²) in [4.78, 5) is 0. The third kappa shape index (κ3) is 1.85. The van der Waals surface area contributed by atoms with Gasteiger partial charge in [-0.2, -0.15) is 0 Å². The van der Waals surface area contributed by atoms with Crippen LogP contribution in [0, 0.1) is 10.8 Å². The summed E-state index contributed by atoms with van der Waals surface area (Å²) in [7, 11) is 0. The van der Waals surface area contributed by atoms with Gasteiger partial charge in [0.2, 0.25) is 0 Å². The van der Waals surface area contributed by atoms with Crippen molar-refractivity contribution in [1.82, 2.24) is 0 Å². The Hall–Kier alpha value is 0. The second kappa shape index (κ2) is 3.79. The Labute approximate surface area is 94.8 Å². The fourth-order valence-corrected chi connectivity index (χ4v) is 4.74. The van der Waals surface area contributed by atoms with Crippen LogP contribution >= 0.6 is 0 Å². The lowest BCUT2D eigenvalue weighted by Crippen LogP contribution is -2.34. The van der Waals surface area contributed by atoms with Crippen LogP contribution in [0.2, 0.25) is 0 Å². The topological polar surface area (TPSA) is 0 Å². The maximum absolute atomic E-state index is 1.59. The van der Waals surface area contributed by atoms with Gasteiger partial charge >= 0.3 is 0 Å².